The SMILES string of the molecule is O=C(c1cccc(Br)c1F)N1CCCC1c1cccs1. The summed E-state index contributed by atoms with van der Waals surface area (Å²) in [6, 6.07) is 8.95. The molecule has 1 fully saturated rings. The molecule has 1 aromatic heterocycles. The summed E-state index contributed by atoms with van der Waals surface area (Å²) in [5.41, 5.74) is 0.142. The lowest BCUT2D eigenvalue weighted by Gasteiger charge is -2.24. The van der Waals surface area contributed by atoms with Crippen molar-refractivity contribution >= 4 is 33.2 Å². The molecule has 1 amide bonds. The summed E-state index contributed by atoms with van der Waals surface area (Å²) < 4.78 is 14.4. The van der Waals surface area contributed by atoms with Crippen LogP contribution in [-0.4, -0.2) is 17.4 Å². The second-order valence-electron chi connectivity index (χ2n) is 4.77. The Morgan fingerprint density at radius 2 is 2.20 bits per heavy atom. The van der Waals surface area contributed by atoms with Crippen LogP contribution in [0.5, 0.6) is 0 Å². The van der Waals surface area contributed by atoms with Gasteiger partial charge in [0, 0.05) is 11.4 Å². The maximum atomic E-state index is 14.1. The molecule has 20 heavy (non-hydrogen) atoms. The largest absolute Gasteiger partial charge is 0.331 e. The lowest BCUT2D eigenvalue weighted by Crippen LogP contribution is -2.30. The van der Waals surface area contributed by atoms with Gasteiger partial charge in [0.2, 0.25) is 0 Å². The fourth-order valence-corrected chi connectivity index (χ4v) is 3.85. The Balaban J connectivity index is 1.92. The number of carbonyl (C=O) groups excluding carboxylic acids is 1. The smallest absolute Gasteiger partial charge is 0.257 e. The van der Waals surface area contributed by atoms with E-state index in [0.29, 0.717) is 11.0 Å². The molecular formula is C15H13BrFNOS. The van der Waals surface area contributed by atoms with E-state index in [-0.39, 0.29) is 17.5 Å². The van der Waals surface area contributed by atoms with E-state index in [4.69, 9.17) is 0 Å². The van der Waals surface area contributed by atoms with Crippen molar-refractivity contribution in [3.63, 3.8) is 0 Å². The molecule has 1 aliphatic heterocycles. The summed E-state index contributed by atoms with van der Waals surface area (Å²) in [6.45, 7) is 0.688. The molecule has 2 heterocycles. The van der Waals surface area contributed by atoms with Crippen LogP contribution in [0.25, 0.3) is 0 Å². The monoisotopic (exact) mass is 353 g/mol. The summed E-state index contributed by atoms with van der Waals surface area (Å²) in [6.07, 6.45) is 1.91. The highest BCUT2D eigenvalue weighted by Crippen LogP contribution is 2.36. The van der Waals surface area contributed by atoms with Crippen molar-refractivity contribution in [2.45, 2.75) is 18.9 Å². The highest BCUT2D eigenvalue weighted by atomic mass is 79.9. The Kier molecular flexibility index (Phi) is 3.89. The predicted octanol–water partition coefficient (Wildman–Crippen LogP) is 4.63. The minimum absolute atomic E-state index is 0.0841. The molecule has 1 unspecified atom stereocenters. The minimum Gasteiger partial charge on any atom is -0.331 e. The Morgan fingerprint density at radius 3 is 2.95 bits per heavy atom. The van der Waals surface area contributed by atoms with Crippen LogP contribution in [-0.2, 0) is 0 Å². The molecule has 0 spiro atoms. The number of benzene rings is 1. The van der Waals surface area contributed by atoms with Crippen LogP contribution < -0.4 is 0 Å². The van der Waals surface area contributed by atoms with Crippen LogP contribution in [0.1, 0.15) is 34.1 Å². The van der Waals surface area contributed by atoms with Gasteiger partial charge in [-0.3, -0.25) is 4.79 Å². The van der Waals surface area contributed by atoms with Crippen molar-refractivity contribution in [1.29, 1.82) is 0 Å². The molecule has 1 atom stereocenters. The number of halogens is 2. The van der Waals surface area contributed by atoms with E-state index in [9.17, 15) is 9.18 Å². The quantitative estimate of drug-likeness (QED) is 0.770. The molecule has 5 heteroatoms. The van der Waals surface area contributed by atoms with Crippen molar-refractivity contribution in [3.8, 4) is 0 Å². The van der Waals surface area contributed by atoms with E-state index >= 15 is 0 Å². The van der Waals surface area contributed by atoms with E-state index in [2.05, 4.69) is 15.9 Å². The summed E-state index contributed by atoms with van der Waals surface area (Å²) >= 11 is 4.78. The zero-order chi connectivity index (χ0) is 14.1. The van der Waals surface area contributed by atoms with Crippen LogP contribution in [0.3, 0.4) is 0 Å². The summed E-state index contributed by atoms with van der Waals surface area (Å²) in [4.78, 5) is 15.6. The van der Waals surface area contributed by atoms with Crippen LogP contribution in [0.4, 0.5) is 4.39 Å². The molecule has 2 nitrogen and oxygen atoms in total. The van der Waals surface area contributed by atoms with Crippen molar-refractivity contribution in [1.82, 2.24) is 4.90 Å². The molecule has 0 bridgehead atoms. The number of carbonyl (C=O) groups is 1. The van der Waals surface area contributed by atoms with Gasteiger partial charge in [0.1, 0.15) is 5.82 Å². The van der Waals surface area contributed by atoms with Gasteiger partial charge in [-0.15, -0.1) is 11.3 Å². The normalized spacial score (nSPS) is 18.5. The first-order chi connectivity index (χ1) is 9.68. The summed E-state index contributed by atoms with van der Waals surface area (Å²) in [5, 5.41) is 2.01. The van der Waals surface area contributed by atoms with Gasteiger partial charge in [0.15, 0.2) is 0 Å². The van der Waals surface area contributed by atoms with E-state index < -0.39 is 5.82 Å². The molecule has 0 radical (unpaired) electrons. The second-order valence-corrected chi connectivity index (χ2v) is 6.61. The molecule has 0 N–H and O–H groups in total. The van der Waals surface area contributed by atoms with Gasteiger partial charge in [0.05, 0.1) is 16.1 Å². The molecule has 0 saturated carbocycles. The van der Waals surface area contributed by atoms with Crippen LogP contribution >= 0.6 is 27.3 Å². The maximum absolute atomic E-state index is 14.1. The number of likely N-dealkylation sites (tertiary alicyclic amines) is 1. The number of thiophene rings is 1. The molecular weight excluding hydrogens is 341 g/mol. The van der Waals surface area contributed by atoms with Crippen LogP contribution in [0.15, 0.2) is 40.2 Å². The molecule has 1 aliphatic rings. The third kappa shape index (κ3) is 2.40. The molecule has 0 aliphatic carbocycles. The lowest BCUT2D eigenvalue weighted by molar-refractivity contribution is 0.0733. The van der Waals surface area contributed by atoms with E-state index in [1.807, 2.05) is 17.5 Å². The average Bonchev–Trinajstić information content (AvgIpc) is 3.10. The Bertz CT molecular complexity index is 629. The van der Waals surface area contributed by atoms with Crippen molar-refractivity contribution < 1.29 is 9.18 Å². The third-order valence-corrected chi connectivity index (χ3v) is 5.15. The van der Waals surface area contributed by atoms with Gasteiger partial charge >= 0.3 is 0 Å². The first-order valence-electron chi connectivity index (χ1n) is 6.47. The van der Waals surface area contributed by atoms with E-state index in [1.54, 1.807) is 34.4 Å². The van der Waals surface area contributed by atoms with Crippen molar-refractivity contribution in [2.24, 2.45) is 0 Å². The topological polar surface area (TPSA) is 20.3 Å². The molecule has 1 saturated heterocycles. The number of hydrogen-bond donors (Lipinski definition) is 0. The summed E-state index contributed by atoms with van der Waals surface area (Å²) in [5.74, 6) is -0.700. The summed E-state index contributed by atoms with van der Waals surface area (Å²) in [7, 11) is 0. The third-order valence-electron chi connectivity index (χ3n) is 3.57. The van der Waals surface area contributed by atoms with Crippen molar-refractivity contribution in [3.05, 3.63) is 56.4 Å². The lowest BCUT2D eigenvalue weighted by atomic mass is 10.1. The Hall–Kier alpha value is -1.20. The van der Waals surface area contributed by atoms with Gasteiger partial charge in [0.25, 0.3) is 5.91 Å². The number of nitrogens with zero attached hydrogens (tertiary/aromatic N) is 1. The van der Waals surface area contributed by atoms with Gasteiger partial charge in [-0.05, 0) is 52.4 Å². The van der Waals surface area contributed by atoms with Gasteiger partial charge in [-0.1, -0.05) is 12.1 Å². The van der Waals surface area contributed by atoms with Crippen LogP contribution in [0, 0.1) is 5.82 Å². The average molecular weight is 354 g/mol. The number of hydrogen-bond acceptors (Lipinski definition) is 2. The van der Waals surface area contributed by atoms with Crippen LogP contribution in [0.2, 0.25) is 0 Å². The highest BCUT2D eigenvalue weighted by molar-refractivity contribution is 9.10. The first kappa shape index (κ1) is 13.8. The number of rotatable bonds is 2. The molecule has 104 valence electrons. The molecule has 1 aromatic carbocycles. The fraction of sp³-hybridized carbons (Fsp3) is 0.267. The van der Waals surface area contributed by atoms with E-state index in [1.165, 1.54) is 4.88 Å². The predicted molar refractivity (Wildman–Crippen MR) is 81.4 cm³/mol. The zero-order valence-corrected chi connectivity index (χ0v) is 13.1. The molecule has 2 aromatic rings. The van der Waals surface area contributed by atoms with Crippen molar-refractivity contribution in [2.75, 3.05) is 6.54 Å². The zero-order valence-electron chi connectivity index (χ0n) is 10.7. The first-order valence-corrected chi connectivity index (χ1v) is 8.14. The maximum Gasteiger partial charge on any atom is 0.257 e. The fourth-order valence-electron chi connectivity index (χ4n) is 2.61. The number of amides is 1. The second kappa shape index (κ2) is 5.66. The minimum atomic E-state index is -0.477. The molecule has 3 rings (SSSR count). The Labute approximate surface area is 129 Å². The van der Waals surface area contributed by atoms with Gasteiger partial charge in [-0.25, -0.2) is 4.39 Å². The Morgan fingerprint density at radius 1 is 1.35 bits per heavy atom. The van der Waals surface area contributed by atoms with E-state index in [0.717, 1.165) is 12.8 Å². The van der Waals surface area contributed by atoms with Gasteiger partial charge in [-0.2, -0.15) is 0 Å². The highest BCUT2D eigenvalue weighted by Gasteiger charge is 2.32. The standard InChI is InChI=1S/C15H13BrFNOS/c16-11-5-1-4-10(14(11)17)15(19)18-8-2-6-12(18)13-7-3-9-20-13/h1,3-5,7,9,12H,2,6,8H2. The van der Waals surface area contributed by atoms with Gasteiger partial charge < -0.3 is 4.90 Å².